The number of halogens is 1. The fraction of sp³-hybridized carbons (Fsp3) is 0. The second-order valence-electron chi connectivity index (χ2n) is 3.01. The van der Waals surface area contributed by atoms with Crippen molar-refractivity contribution in [2.45, 2.75) is 0 Å². The van der Waals surface area contributed by atoms with Gasteiger partial charge < -0.3 is 0 Å². The smallest absolute Gasteiger partial charge is 0.174 e. The summed E-state index contributed by atoms with van der Waals surface area (Å²) in [5.41, 5.74) is 0.957. The van der Waals surface area contributed by atoms with E-state index in [4.69, 9.17) is 11.6 Å². The summed E-state index contributed by atoms with van der Waals surface area (Å²) in [5, 5.41) is 2.20. The van der Waals surface area contributed by atoms with Crippen LogP contribution in [0, 0.1) is 6.07 Å². The zero-order valence-corrected chi connectivity index (χ0v) is 11.4. The first-order valence-electron chi connectivity index (χ1n) is 4.20. The van der Waals surface area contributed by atoms with E-state index >= 15 is 0 Å². The van der Waals surface area contributed by atoms with Crippen molar-refractivity contribution in [2.75, 3.05) is 0 Å². The number of rotatable bonds is 0. The number of benzene rings is 2. The summed E-state index contributed by atoms with van der Waals surface area (Å²) in [6.45, 7) is 0. The van der Waals surface area contributed by atoms with E-state index in [1.165, 1.54) is 11.3 Å². The molecule has 15 heavy (non-hydrogen) atoms. The Morgan fingerprint density at radius 3 is 3.00 bits per heavy atom. The summed E-state index contributed by atoms with van der Waals surface area (Å²) in [6.07, 6.45) is 0. The largest absolute Gasteiger partial charge is 0.275 e. The Labute approximate surface area is 109 Å². The van der Waals surface area contributed by atoms with Crippen LogP contribution < -0.4 is 0 Å². The van der Waals surface area contributed by atoms with Crippen LogP contribution in [0.4, 0.5) is 0 Å². The van der Waals surface area contributed by atoms with Crippen LogP contribution in [-0.2, 0) is 20.1 Å². The molecule has 0 fully saturated rings. The summed E-state index contributed by atoms with van der Waals surface area (Å²) in [7, 11) is 0. The number of nitrogens with zero attached hydrogens (tertiary/aromatic N) is 1. The molecule has 1 nitrogen and oxygen atoms in total. The zero-order chi connectivity index (χ0) is 9.54. The molecule has 0 aliphatic rings. The molecule has 0 aliphatic carbocycles. The first-order valence-corrected chi connectivity index (χ1v) is 5.39. The number of hydrogen-bond donors (Lipinski definition) is 0. The van der Waals surface area contributed by atoms with Crippen molar-refractivity contribution in [2.24, 2.45) is 0 Å². The number of fused-ring (bicyclic) bond motifs is 3. The summed E-state index contributed by atoms with van der Waals surface area (Å²) >= 11 is 7.38. The Balaban J connectivity index is 0.000000853. The standard InChI is InChI=1S/C11H5ClNS.Ir/c12-11-13-10-8-4-2-1-3-7(8)5-6-9(10)14-11;/h1-3,5-6H;/q-1;. The van der Waals surface area contributed by atoms with Gasteiger partial charge in [-0.1, -0.05) is 23.7 Å². The molecule has 0 atom stereocenters. The Bertz CT molecular complexity index is 620. The van der Waals surface area contributed by atoms with Crippen molar-refractivity contribution in [3.63, 3.8) is 0 Å². The summed E-state index contributed by atoms with van der Waals surface area (Å²) in [4.78, 5) is 4.29. The van der Waals surface area contributed by atoms with Crippen molar-refractivity contribution >= 4 is 43.9 Å². The van der Waals surface area contributed by atoms with E-state index in [9.17, 15) is 0 Å². The normalized spacial score (nSPS) is 10.5. The maximum atomic E-state index is 5.88. The predicted octanol–water partition coefficient (Wildman–Crippen LogP) is 3.90. The molecular weight excluding hydrogens is 406 g/mol. The maximum Gasteiger partial charge on any atom is 0.174 e. The first kappa shape index (κ1) is 11.0. The maximum absolute atomic E-state index is 5.88. The van der Waals surface area contributed by atoms with E-state index in [0.29, 0.717) is 4.47 Å². The van der Waals surface area contributed by atoms with Crippen LogP contribution in [0.3, 0.4) is 0 Å². The minimum Gasteiger partial charge on any atom is -0.275 e. The van der Waals surface area contributed by atoms with Gasteiger partial charge in [-0.25, -0.2) is 0 Å². The van der Waals surface area contributed by atoms with Gasteiger partial charge in [0.05, 0.1) is 0 Å². The number of aromatic nitrogens is 1. The minimum atomic E-state index is 0. The summed E-state index contributed by atoms with van der Waals surface area (Å²) in [5.74, 6) is 0. The Morgan fingerprint density at radius 1 is 1.27 bits per heavy atom. The van der Waals surface area contributed by atoms with Gasteiger partial charge in [-0.05, 0) is 0 Å². The molecular formula is C11H5ClIrNS-. The zero-order valence-electron chi connectivity index (χ0n) is 7.45. The van der Waals surface area contributed by atoms with E-state index in [1.807, 2.05) is 12.1 Å². The third-order valence-electron chi connectivity index (χ3n) is 2.17. The molecule has 1 aromatic heterocycles. The average molecular weight is 411 g/mol. The number of thiazole rings is 1. The van der Waals surface area contributed by atoms with E-state index < -0.39 is 0 Å². The van der Waals surface area contributed by atoms with Crippen LogP contribution >= 0.6 is 22.9 Å². The van der Waals surface area contributed by atoms with Crippen molar-refractivity contribution < 1.29 is 20.1 Å². The summed E-state index contributed by atoms with van der Waals surface area (Å²) < 4.78 is 1.70. The number of hydrogen-bond acceptors (Lipinski definition) is 2. The van der Waals surface area contributed by atoms with E-state index in [-0.39, 0.29) is 20.1 Å². The van der Waals surface area contributed by atoms with E-state index in [0.717, 1.165) is 21.0 Å². The molecule has 0 spiro atoms. The van der Waals surface area contributed by atoms with Gasteiger partial charge in [0.15, 0.2) is 4.47 Å². The molecule has 77 valence electrons. The monoisotopic (exact) mass is 411 g/mol. The second kappa shape index (κ2) is 4.18. The van der Waals surface area contributed by atoms with Crippen LogP contribution in [-0.4, -0.2) is 4.98 Å². The molecule has 0 amide bonds. The average Bonchev–Trinajstić information content (AvgIpc) is 2.59. The molecule has 0 aliphatic heterocycles. The van der Waals surface area contributed by atoms with Crippen LogP contribution in [0.15, 0.2) is 30.3 Å². The van der Waals surface area contributed by atoms with Crippen LogP contribution in [0.1, 0.15) is 0 Å². The Kier molecular flexibility index (Phi) is 3.08. The van der Waals surface area contributed by atoms with E-state index in [2.05, 4.69) is 29.2 Å². The molecule has 0 saturated heterocycles. The molecule has 1 heterocycles. The van der Waals surface area contributed by atoms with Gasteiger partial charge in [0, 0.05) is 30.3 Å². The second-order valence-corrected chi connectivity index (χ2v) is 4.63. The third-order valence-corrected chi connectivity index (χ3v) is 3.29. The molecule has 0 unspecified atom stereocenters. The van der Waals surface area contributed by atoms with Crippen molar-refractivity contribution in [3.8, 4) is 0 Å². The van der Waals surface area contributed by atoms with Gasteiger partial charge in [0.25, 0.3) is 0 Å². The molecule has 0 saturated carbocycles. The van der Waals surface area contributed by atoms with Gasteiger partial charge in [-0.15, -0.1) is 46.4 Å². The van der Waals surface area contributed by atoms with E-state index in [1.54, 1.807) is 0 Å². The summed E-state index contributed by atoms with van der Waals surface area (Å²) in [6, 6.07) is 13.2. The predicted molar refractivity (Wildman–Crippen MR) is 61.0 cm³/mol. The molecule has 3 rings (SSSR count). The van der Waals surface area contributed by atoms with Gasteiger partial charge >= 0.3 is 0 Å². The van der Waals surface area contributed by atoms with Crippen molar-refractivity contribution in [3.05, 3.63) is 40.9 Å². The first-order chi connectivity index (χ1) is 6.84. The molecule has 3 aromatic rings. The Morgan fingerprint density at radius 2 is 2.13 bits per heavy atom. The SMILES string of the molecule is Clc1nc2c(ccc3ccc[c-]c32)s1.[Ir]. The van der Waals surface area contributed by atoms with Gasteiger partial charge in [0.1, 0.15) is 0 Å². The van der Waals surface area contributed by atoms with Gasteiger partial charge in [0.2, 0.25) is 0 Å². The molecule has 0 N–H and O–H groups in total. The fourth-order valence-electron chi connectivity index (χ4n) is 1.56. The molecule has 1 radical (unpaired) electrons. The van der Waals surface area contributed by atoms with Crippen LogP contribution in [0.2, 0.25) is 4.47 Å². The molecule has 0 bridgehead atoms. The van der Waals surface area contributed by atoms with Gasteiger partial charge in [-0.2, -0.15) is 0 Å². The van der Waals surface area contributed by atoms with Crippen LogP contribution in [0.25, 0.3) is 21.0 Å². The quantitative estimate of drug-likeness (QED) is 0.512. The molecule has 2 aromatic carbocycles. The van der Waals surface area contributed by atoms with Crippen molar-refractivity contribution in [1.82, 2.24) is 4.98 Å². The topological polar surface area (TPSA) is 12.9 Å². The van der Waals surface area contributed by atoms with Gasteiger partial charge in [-0.3, -0.25) is 4.98 Å². The van der Waals surface area contributed by atoms with Crippen molar-refractivity contribution in [1.29, 1.82) is 0 Å². The molecule has 4 heteroatoms. The third kappa shape index (κ3) is 1.81. The fourth-order valence-corrected chi connectivity index (χ4v) is 2.59. The minimum absolute atomic E-state index is 0. The van der Waals surface area contributed by atoms with Crippen LogP contribution in [0.5, 0.6) is 0 Å². The Hall–Kier alpha value is -0.471.